The van der Waals surface area contributed by atoms with Crippen LogP contribution in [0.4, 0.5) is 5.13 Å². The lowest BCUT2D eigenvalue weighted by Crippen LogP contribution is -2.27. The van der Waals surface area contributed by atoms with Crippen LogP contribution in [-0.4, -0.2) is 11.5 Å². The summed E-state index contributed by atoms with van der Waals surface area (Å²) in [5, 5.41) is 4.25. The fourth-order valence-electron chi connectivity index (χ4n) is 2.21. The van der Waals surface area contributed by atoms with Crippen molar-refractivity contribution in [3.05, 3.63) is 29.1 Å². The number of rotatable bonds is 2. The van der Waals surface area contributed by atoms with Crippen molar-refractivity contribution >= 4 is 16.5 Å². The highest BCUT2D eigenvalue weighted by atomic mass is 32.1. The number of hydrogen-bond donors (Lipinski definition) is 1. The quantitative estimate of drug-likeness (QED) is 0.890. The van der Waals surface area contributed by atoms with Crippen molar-refractivity contribution in [2.45, 2.75) is 26.4 Å². The lowest BCUT2D eigenvalue weighted by Gasteiger charge is -2.31. The maximum Gasteiger partial charge on any atom is 0.183 e. The molecule has 1 aromatic carbocycles. The van der Waals surface area contributed by atoms with Crippen LogP contribution in [0.1, 0.15) is 25.6 Å². The number of hydrogen-bond acceptors (Lipinski definition) is 4. The van der Waals surface area contributed by atoms with Gasteiger partial charge in [-0.15, -0.1) is 0 Å². The predicted octanol–water partition coefficient (Wildman–Crippen LogP) is 3.87. The molecule has 4 heteroatoms. The second-order valence-corrected chi connectivity index (χ2v) is 5.83. The molecule has 0 saturated heterocycles. The standard InChI is InChI=1S/C14H16N2OS/c1-4-15-13-16-11-9-7-5-6-8-10(9)17-14(2,3)12(11)18-13/h5-8H,4H2,1-3H3,(H,15,16). The van der Waals surface area contributed by atoms with Crippen molar-refractivity contribution in [3.63, 3.8) is 0 Å². The number of para-hydroxylation sites is 1. The molecule has 0 saturated carbocycles. The van der Waals surface area contributed by atoms with Crippen molar-refractivity contribution in [1.82, 2.24) is 4.98 Å². The van der Waals surface area contributed by atoms with Gasteiger partial charge in [0, 0.05) is 12.1 Å². The van der Waals surface area contributed by atoms with Gasteiger partial charge in [-0.05, 0) is 32.9 Å². The molecule has 0 unspecified atom stereocenters. The number of aromatic nitrogens is 1. The summed E-state index contributed by atoms with van der Waals surface area (Å²) in [5.74, 6) is 0.920. The van der Waals surface area contributed by atoms with E-state index in [1.165, 1.54) is 4.88 Å². The molecule has 0 aliphatic carbocycles. The second kappa shape index (κ2) is 3.99. The average molecular weight is 260 g/mol. The van der Waals surface area contributed by atoms with E-state index in [2.05, 4.69) is 32.2 Å². The van der Waals surface area contributed by atoms with Crippen molar-refractivity contribution in [3.8, 4) is 17.0 Å². The Bertz CT molecular complexity index is 589. The smallest absolute Gasteiger partial charge is 0.183 e. The lowest BCUT2D eigenvalue weighted by atomic mass is 9.97. The summed E-state index contributed by atoms with van der Waals surface area (Å²) in [6.45, 7) is 7.15. The molecule has 18 heavy (non-hydrogen) atoms. The number of fused-ring (bicyclic) bond motifs is 3. The van der Waals surface area contributed by atoms with E-state index in [4.69, 9.17) is 9.72 Å². The monoisotopic (exact) mass is 260 g/mol. The average Bonchev–Trinajstić information content (AvgIpc) is 2.74. The normalized spacial score (nSPS) is 15.5. The van der Waals surface area contributed by atoms with E-state index in [-0.39, 0.29) is 5.60 Å². The van der Waals surface area contributed by atoms with E-state index in [0.29, 0.717) is 0 Å². The summed E-state index contributed by atoms with van der Waals surface area (Å²) >= 11 is 1.68. The molecule has 0 radical (unpaired) electrons. The molecule has 0 fully saturated rings. The van der Waals surface area contributed by atoms with Crippen LogP contribution < -0.4 is 10.1 Å². The maximum atomic E-state index is 6.08. The zero-order valence-corrected chi connectivity index (χ0v) is 11.6. The minimum absolute atomic E-state index is 0.310. The van der Waals surface area contributed by atoms with E-state index < -0.39 is 0 Å². The number of nitrogens with one attached hydrogen (secondary N) is 1. The Kier molecular flexibility index (Phi) is 2.55. The van der Waals surface area contributed by atoms with E-state index in [9.17, 15) is 0 Å². The van der Waals surface area contributed by atoms with Gasteiger partial charge in [0.05, 0.1) is 10.6 Å². The minimum Gasteiger partial charge on any atom is -0.482 e. The molecule has 2 aromatic rings. The Balaban J connectivity index is 2.19. The summed E-state index contributed by atoms with van der Waals surface area (Å²) in [6.07, 6.45) is 0. The Morgan fingerprint density at radius 3 is 2.89 bits per heavy atom. The molecule has 3 rings (SSSR count). The molecule has 3 nitrogen and oxygen atoms in total. The van der Waals surface area contributed by atoms with Gasteiger partial charge in [0.2, 0.25) is 0 Å². The molecule has 1 aromatic heterocycles. The van der Waals surface area contributed by atoms with Crippen LogP contribution in [0.3, 0.4) is 0 Å². The zero-order valence-electron chi connectivity index (χ0n) is 10.8. The van der Waals surface area contributed by atoms with Crippen LogP contribution in [-0.2, 0) is 5.60 Å². The Labute approximate surface area is 111 Å². The zero-order chi connectivity index (χ0) is 12.8. The highest BCUT2D eigenvalue weighted by Gasteiger charge is 2.35. The third kappa shape index (κ3) is 1.68. The number of thiazole rings is 1. The van der Waals surface area contributed by atoms with Crippen LogP contribution in [0.5, 0.6) is 5.75 Å². The number of anilines is 1. The molecule has 0 bridgehead atoms. The van der Waals surface area contributed by atoms with E-state index in [1.807, 2.05) is 18.2 Å². The van der Waals surface area contributed by atoms with Crippen molar-refractivity contribution in [2.24, 2.45) is 0 Å². The van der Waals surface area contributed by atoms with Crippen LogP contribution in [0.15, 0.2) is 24.3 Å². The van der Waals surface area contributed by atoms with Gasteiger partial charge in [-0.1, -0.05) is 23.5 Å². The van der Waals surface area contributed by atoms with Gasteiger partial charge in [-0.2, -0.15) is 0 Å². The Morgan fingerprint density at radius 2 is 2.11 bits per heavy atom. The number of nitrogens with zero attached hydrogens (tertiary/aromatic N) is 1. The maximum absolute atomic E-state index is 6.08. The molecular weight excluding hydrogens is 244 g/mol. The van der Waals surface area contributed by atoms with Gasteiger partial charge in [0.25, 0.3) is 0 Å². The summed E-state index contributed by atoms with van der Waals surface area (Å²) in [4.78, 5) is 5.90. The summed E-state index contributed by atoms with van der Waals surface area (Å²) < 4.78 is 6.08. The molecule has 0 atom stereocenters. The van der Waals surface area contributed by atoms with E-state index >= 15 is 0 Å². The van der Waals surface area contributed by atoms with Crippen LogP contribution in [0, 0.1) is 0 Å². The van der Waals surface area contributed by atoms with E-state index in [1.54, 1.807) is 11.3 Å². The molecule has 0 amide bonds. The molecule has 0 spiro atoms. The van der Waals surface area contributed by atoms with Gasteiger partial charge in [0.1, 0.15) is 11.4 Å². The first kappa shape index (κ1) is 11.5. The highest BCUT2D eigenvalue weighted by molar-refractivity contribution is 7.16. The third-order valence-electron chi connectivity index (χ3n) is 3.01. The first-order chi connectivity index (χ1) is 8.62. The molecule has 1 N–H and O–H groups in total. The van der Waals surface area contributed by atoms with E-state index in [0.717, 1.165) is 28.7 Å². The van der Waals surface area contributed by atoms with Crippen molar-refractivity contribution < 1.29 is 4.74 Å². The summed E-state index contributed by atoms with van der Waals surface area (Å²) in [6, 6.07) is 8.10. The Morgan fingerprint density at radius 1 is 1.33 bits per heavy atom. The van der Waals surface area contributed by atoms with Gasteiger partial charge in [0.15, 0.2) is 5.13 Å². The number of benzene rings is 1. The molecule has 2 heterocycles. The summed E-state index contributed by atoms with van der Waals surface area (Å²) in [5.41, 5.74) is 1.84. The van der Waals surface area contributed by atoms with Gasteiger partial charge in [-0.25, -0.2) is 4.98 Å². The van der Waals surface area contributed by atoms with Crippen molar-refractivity contribution in [2.75, 3.05) is 11.9 Å². The topological polar surface area (TPSA) is 34.2 Å². The fourth-order valence-corrected chi connectivity index (χ4v) is 3.30. The van der Waals surface area contributed by atoms with Gasteiger partial charge >= 0.3 is 0 Å². The van der Waals surface area contributed by atoms with Gasteiger partial charge in [-0.3, -0.25) is 0 Å². The van der Waals surface area contributed by atoms with Crippen LogP contribution in [0.25, 0.3) is 11.3 Å². The Hall–Kier alpha value is -1.55. The first-order valence-corrected chi connectivity index (χ1v) is 6.97. The third-order valence-corrected chi connectivity index (χ3v) is 4.33. The first-order valence-electron chi connectivity index (χ1n) is 6.15. The van der Waals surface area contributed by atoms with Crippen LogP contribution >= 0.6 is 11.3 Å². The number of ether oxygens (including phenoxy) is 1. The minimum atomic E-state index is -0.310. The van der Waals surface area contributed by atoms with Gasteiger partial charge < -0.3 is 10.1 Å². The molecule has 94 valence electrons. The van der Waals surface area contributed by atoms with Crippen LogP contribution in [0.2, 0.25) is 0 Å². The fraction of sp³-hybridized carbons (Fsp3) is 0.357. The second-order valence-electron chi connectivity index (χ2n) is 4.84. The lowest BCUT2D eigenvalue weighted by molar-refractivity contribution is 0.109. The predicted molar refractivity (Wildman–Crippen MR) is 75.4 cm³/mol. The SMILES string of the molecule is CCNc1nc2c(s1)C(C)(C)Oc1ccccc1-2. The highest BCUT2D eigenvalue weighted by Crippen LogP contribution is 2.47. The summed E-state index contributed by atoms with van der Waals surface area (Å²) in [7, 11) is 0. The molecule has 1 aliphatic rings. The molecule has 1 aliphatic heterocycles. The largest absolute Gasteiger partial charge is 0.482 e. The van der Waals surface area contributed by atoms with Crippen molar-refractivity contribution in [1.29, 1.82) is 0 Å². The molecular formula is C14H16N2OS.